The molecule has 1 unspecified atom stereocenters. The van der Waals surface area contributed by atoms with Crippen LogP contribution in [0.15, 0.2) is 36.7 Å². The third-order valence-electron chi connectivity index (χ3n) is 3.23. The number of pyridine rings is 1. The molecule has 0 aliphatic carbocycles. The highest BCUT2D eigenvalue weighted by Gasteiger charge is 2.08. The minimum absolute atomic E-state index is 0.146. The summed E-state index contributed by atoms with van der Waals surface area (Å²) in [6.07, 6.45) is 8.52. The van der Waals surface area contributed by atoms with Crippen LogP contribution in [-0.4, -0.2) is 4.98 Å². The summed E-state index contributed by atoms with van der Waals surface area (Å²) in [5.41, 5.74) is 7.53. The summed E-state index contributed by atoms with van der Waals surface area (Å²) < 4.78 is 0. The van der Waals surface area contributed by atoms with Crippen molar-refractivity contribution in [3.63, 3.8) is 0 Å². The van der Waals surface area contributed by atoms with Gasteiger partial charge in [0.25, 0.3) is 0 Å². The van der Waals surface area contributed by atoms with E-state index in [2.05, 4.69) is 36.2 Å². The molecule has 2 heteroatoms. The molecule has 0 spiro atoms. The van der Waals surface area contributed by atoms with Crippen LogP contribution in [0.25, 0.3) is 10.8 Å². The molecule has 0 amide bonds. The van der Waals surface area contributed by atoms with Crippen LogP contribution in [0.3, 0.4) is 0 Å². The fourth-order valence-electron chi connectivity index (χ4n) is 2.24. The van der Waals surface area contributed by atoms with Gasteiger partial charge in [-0.05, 0) is 23.4 Å². The number of hydrogen-bond acceptors (Lipinski definition) is 2. The Kier molecular flexibility index (Phi) is 4.10. The summed E-state index contributed by atoms with van der Waals surface area (Å²) in [4.78, 5) is 4.15. The second-order valence-electron chi connectivity index (χ2n) is 4.55. The van der Waals surface area contributed by atoms with Gasteiger partial charge in [-0.2, -0.15) is 0 Å². The summed E-state index contributed by atoms with van der Waals surface area (Å²) in [5, 5.41) is 2.42. The molecule has 2 rings (SSSR count). The first kappa shape index (κ1) is 12.1. The Morgan fingerprint density at radius 2 is 2.12 bits per heavy atom. The van der Waals surface area contributed by atoms with E-state index in [4.69, 9.17) is 5.73 Å². The van der Waals surface area contributed by atoms with Crippen molar-refractivity contribution in [1.82, 2.24) is 4.98 Å². The van der Waals surface area contributed by atoms with Gasteiger partial charge in [0.1, 0.15) is 0 Å². The number of hydrogen-bond donors (Lipinski definition) is 1. The molecule has 0 bridgehead atoms. The number of nitrogens with two attached hydrogens (primary N) is 1. The van der Waals surface area contributed by atoms with Crippen LogP contribution in [-0.2, 0) is 0 Å². The first-order chi connectivity index (χ1) is 8.33. The van der Waals surface area contributed by atoms with Crippen LogP contribution in [0.5, 0.6) is 0 Å². The maximum atomic E-state index is 6.28. The minimum Gasteiger partial charge on any atom is -0.324 e. The van der Waals surface area contributed by atoms with Crippen LogP contribution < -0.4 is 5.73 Å². The lowest BCUT2D eigenvalue weighted by Gasteiger charge is -2.14. The average molecular weight is 228 g/mol. The van der Waals surface area contributed by atoms with Crippen LogP contribution >= 0.6 is 0 Å². The first-order valence-electron chi connectivity index (χ1n) is 6.41. The van der Waals surface area contributed by atoms with E-state index in [0.29, 0.717) is 0 Å². The maximum absolute atomic E-state index is 6.28. The van der Waals surface area contributed by atoms with Gasteiger partial charge in [-0.3, -0.25) is 4.98 Å². The molecule has 90 valence electrons. The van der Waals surface area contributed by atoms with E-state index < -0.39 is 0 Å². The quantitative estimate of drug-likeness (QED) is 0.790. The third-order valence-corrected chi connectivity index (χ3v) is 3.23. The van der Waals surface area contributed by atoms with Crippen molar-refractivity contribution >= 4 is 10.8 Å². The fourth-order valence-corrected chi connectivity index (χ4v) is 2.24. The van der Waals surface area contributed by atoms with Crippen molar-refractivity contribution in [2.24, 2.45) is 5.73 Å². The summed E-state index contributed by atoms with van der Waals surface area (Å²) in [7, 11) is 0. The monoisotopic (exact) mass is 228 g/mol. The Morgan fingerprint density at radius 1 is 1.24 bits per heavy atom. The van der Waals surface area contributed by atoms with Crippen molar-refractivity contribution in [3.05, 3.63) is 42.2 Å². The van der Waals surface area contributed by atoms with Gasteiger partial charge < -0.3 is 5.73 Å². The molecule has 1 aromatic carbocycles. The Labute approximate surface area is 103 Å². The summed E-state index contributed by atoms with van der Waals surface area (Å²) in [5.74, 6) is 0. The first-order valence-corrected chi connectivity index (χ1v) is 6.41. The molecule has 0 fully saturated rings. The standard InChI is InChI=1S/C15H20N2/c1-2-3-4-8-15(16)14-7-5-6-12-11-17-10-9-13(12)14/h5-7,9-11,15H,2-4,8,16H2,1H3. The summed E-state index contributed by atoms with van der Waals surface area (Å²) in [6, 6.07) is 8.50. The van der Waals surface area contributed by atoms with Gasteiger partial charge in [-0.15, -0.1) is 0 Å². The van der Waals surface area contributed by atoms with E-state index in [1.165, 1.54) is 35.6 Å². The van der Waals surface area contributed by atoms with Crippen molar-refractivity contribution < 1.29 is 0 Å². The molecule has 1 atom stereocenters. The lowest BCUT2D eigenvalue weighted by Crippen LogP contribution is -2.10. The molecule has 2 aromatic rings. The van der Waals surface area contributed by atoms with Crippen molar-refractivity contribution in [1.29, 1.82) is 0 Å². The van der Waals surface area contributed by atoms with E-state index in [9.17, 15) is 0 Å². The topological polar surface area (TPSA) is 38.9 Å². The highest BCUT2D eigenvalue weighted by atomic mass is 14.6. The predicted molar refractivity (Wildman–Crippen MR) is 72.8 cm³/mol. The van der Waals surface area contributed by atoms with Gasteiger partial charge in [0.05, 0.1) is 0 Å². The highest BCUT2D eigenvalue weighted by Crippen LogP contribution is 2.25. The fraction of sp³-hybridized carbons (Fsp3) is 0.400. The molecule has 0 saturated carbocycles. The van der Waals surface area contributed by atoms with E-state index in [0.717, 1.165) is 6.42 Å². The average Bonchev–Trinajstić information content (AvgIpc) is 2.38. The Balaban J connectivity index is 2.22. The zero-order valence-corrected chi connectivity index (χ0v) is 10.4. The van der Waals surface area contributed by atoms with Crippen LogP contribution in [0.4, 0.5) is 0 Å². The Hall–Kier alpha value is -1.41. The number of aromatic nitrogens is 1. The maximum Gasteiger partial charge on any atom is 0.0346 e. The lowest BCUT2D eigenvalue weighted by molar-refractivity contribution is 0.584. The second-order valence-corrected chi connectivity index (χ2v) is 4.55. The smallest absolute Gasteiger partial charge is 0.0346 e. The molecule has 17 heavy (non-hydrogen) atoms. The number of nitrogens with zero attached hydrogens (tertiary/aromatic N) is 1. The van der Waals surface area contributed by atoms with Gasteiger partial charge in [-0.1, -0.05) is 44.4 Å². The zero-order chi connectivity index (χ0) is 12.1. The van der Waals surface area contributed by atoms with Crippen LogP contribution in [0.1, 0.15) is 44.2 Å². The van der Waals surface area contributed by atoms with Gasteiger partial charge in [0.2, 0.25) is 0 Å². The molecule has 0 saturated heterocycles. The molecule has 1 aromatic heterocycles. The number of rotatable bonds is 5. The summed E-state index contributed by atoms with van der Waals surface area (Å²) in [6.45, 7) is 2.22. The van der Waals surface area contributed by atoms with E-state index in [1.54, 1.807) is 0 Å². The van der Waals surface area contributed by atoms with Crippen LogP contribution in [0.2, 0.25) is 0 Å². The van der Waals surface area contributed by atoms with Gasteiger partial charge in [-0.25, -0.2) is 0 Å². The normalized spacial score (nSPS) is 12.8. The SMILES string of the molecule is CCCCCC(N)c1cccc2cnccc12. The minimum atomic E-state index is 0.146. The van der Waals surface area contributed by atoms with Gasteiger partial charge >= 0.3 is 0 Å². The van der Waals surface area contributed by atoms with Crippen molar-refractivity contribution in [2.75, 3.05) is 0 Å². The molecule has 1 heterocycles. The lowest BCUT2D eigenvalue weighted by atomic mass is 9.96. The molecule has 2 N–H and O–H groups in total. The Morgan fingerprint density at radius 3 is 2.94 bits per heavy atom. The van der Waals surface area contributed by atoms with Gasteiger partial charge in [0.15, 0.2) is 0 Å². The van der Waals surface area contributed by atoms with E-state index in [-0.39, 0.29) is 6.04 Å². The van der Waals surface area contributed by atoms with E-state index >= 15 is 0 Å². The van der Waals surface area contributed by atoms with Gasteiger partial charge in [0, 0.05) is 23.8 Å². The van der Waals surface area contributed by atoms with Crippen molar-refractivity contribution in [3.8, 4) is 0 Å². The second kappa shape index (κ2) is 5.78. The summed E-state index contributed by atoms with van der Waals surface area (Å²) >= 11 is 0. The molecule has 0 aliphatic heterocycles. The number of benzene rings is 1. The third kappa shape index (κ3) is 2.83. The van der Waals surface area contributed by atoms with Crippen LogP contribution in [0, 0.1) is 0 Å². The molecule has 0 radical (unpaired) electrons. The molecular weight excluding hydrogens is 208 g/mol. The number of fused-ring (bicyclic) bond motifs is 1. The van der Waals surface area contributed by atoms with Crippen molar-refractivity contribution in [2.45, 2.75) is 38.6 Å². The molecule has 2 nitrogen and oxygen atoms in total. The Bertz CT molecular complexity index is 474. The van der Waals surface area contributed by atoms with E-state index in [1.807, 2.05) is 12.4 Å². The molecular formula is C15H20N2. The largest absolute Gasteiger partial charge is 0.324 e. The predicted octanol–water partition coefficient (Wildman–Crippen LogP) is 3.81. The number of unbranched alkanes of at least 4 members (excludes halogenated alkanes) is 2. The molecule has 0 aliphatic rings. The zero-order valence-electron chi connectivity index (χ0n) is 10.4. The highest BCUT2D eigenvalue weighted by molar-refractivity contribution is 5.85.